The van der Waals surface area contributed by atoms with Crippen molar-refractivity contribution in [1.29, 1.82) is 0 Å². The molecule has 4 rings (SSSR count). The zero-order valence-corrected chi connectivity index (χ0v) is 15.4. The third-order valence-corrected chi connectivity index (χ3v) is 5.38. The minimum absolute atomic E-state index is 0.195. The molecule has 2 aromatic carbocycles. The first-order chi connectivity index (χ1) is 12.7. The van der Waals surface area contributed by atoms with Gasteiger partial charge in [0.05, 0.1) is 22.6 Å². The van der Waals surface area contributed by atoms with Crippen LogP contribution < -0.4 is 4.74 Å². The highest BCUT2D eigenvalue weighted by atomic mass is 35.5. The molecule has 0 amide bonds. The Bertz CT molecular complexity index is 887. The largest absolute Gasteiger partial charge is 0.489 e. The third-order valence-electron chi connectivity index (χ3n) is 5.07. The summed E-state index contributed by atoms with van der Waals surface area (Å²) in [6.07, 6.45) is 4.23. The van der Waals surface area contributed by atoms with E-state index in [1.807, 2.05) is 36.4 Å². The average Bonchev–Trinajstić information content (AvgIpc) is 3.29. The molecule has 0 bridgehead atoms. The van der Waals surface area contributed by atoms with Crippen molar-refractivity contribution in [1.82, 2.24) is 9.55 Å². The van der Waals surface area contributed by atoms with Crippen LogP contribution in [0.5, 0.6) is 5.75 Å². The van der Waals surface area contributed by atoms with E-state index in [2.05, 4.69) is 10.6 Å². The van der Waals surface area contributed by atoms with Gasteiger partial charge in [0.1, 0.15) is 24.3 Å². The van der Waals surface area contributed by atoms with Crippen molar-refractivity contribution in [3.8, 4) is 5.75 Å². The molecule has 4 nitrogen and oxygen atoms in total. The third kappa shape index (κ3) is 3.57. The Hall–Kier alpha value is -2.04. The van der Waals surface area contributed by atoms with Gasteiger partial charge in [-0.15, -0.1) is 0 Å². The Morgan fingerprint density at radius 3 is 2.65 bits per heavy atom. The van der Waals surface area contributed by atoms with Crippen LogP contribution in [0.25, 0.3) is 11.0 Å². The van der Waals surface area contributed by atoms with Gasteiger partial charge >= 0.3 is 0 Å². The number of rotatable bonds is 6. The van der Waals surface area contributed by atoms with Crippen molar-refractivity contribution in [2.24, 2.45) is 0 Å². The predicted octanol–water partition coefficient (Wildman–Crippen LogP) is 4.79. The number of hydrogen-bond donors (Lipinski definition) is 1. The number of aliphatic hydroxyl groups excluding tert-OH is 1. The van der Waals surface area contributed by atoms with Gasteiger partial charge in [-0.3, -0.25) is 0 Å². The van der Waals surface area contributed by atoms with Crippen LogP contribution in [0.4, 0.5) is 0 Å². The molecular weight excluding hydrogens is 348 g/mol. The van der Waals surface area contributed by atoms with Crippen molar-refractivity contribution in [2.75, 3.05) is 6.61 Å². The number of ether oxygens (including phenoxy) is 1. The van der Waals surface area contributed by atoms with Gasteiger partial charge in [0.15, 0.2) is 0 Å². The van der Waals surface area contributed by atoms with Crippen LogP contribution in [-0.4, -0.2) is 27.4 Å². The molecule has 1 saturated carbocycles. The summed E-state index contributed by atoms with van der Waals surface area (Å²) in [5, 5.41) is 11.1. The molecule has 1 atom stereocenters. The van der Waals surface area contributed by atoms with E-state index in [-0.39, 0.29) is 6.61 Å². The Balaban J connectivity index is 1.53. The first kappa shape index (κ1) is 17.4. The lowest BCUT2D eigenvalue weighted by molar-refractivity contribution is 0.0925. The van der Waals surface area contributed by atoms with Crippen LogP contribution in [0.3, 0.4) is 0 Å². The van der Waals surface area contributed by atoms with Gasteiger partial charge in [0, 0.05) is 5.92 Å². The van der Waals surface area contributed by atoms with Crippen LogP contribution >= 0.6 is 11.6 Å². The van der Waals surface area contributed by atoms with E-state index in [0.29, 0.717) is 23.2 Å². The molecule has 0 spiro atoms. The van der Waals surface area contributed by atoms with Gasteiger partial charge in [0.2, 0.25) is 0 Å². The maximum absolute atomic E-state index is 10.6. The number of aromatic nitrogens is 2. The number of nitrogens with zero attached hydrogens (tertiary/aromatic N) is 2. The van der Waals surface area contributed by atoms with E-state index in [1.54, 1.807) is 6.07 Å². The van der Waals surface area contributed by atoms with Crippen molar-refractivity contribution >= 4 is 22.6 Å². The van der Waals surface area contributed by atoms with Crippen LogP contribution in [-0.2, 0) is 6.54 Å². The summed E-state index contributed by atoms with van der Waals surface area (Å²) in [6.45, 7) is 0.664. The SMILES string of the molecule is OC(COc1ccccc1Cl)Cn1c(C2CCCC2)nc2ccccc21. The number of fused-ring (bicyclic) bond motifs is 1. The van der Waals surface area contributed by atoms with E-state index < -0.39 is 6.10 Å². The zero-order valence-electron chi connectivity index (χ0n) is 14.6. The second kappa shape index (κ2) is 7.68. The fourth-order valence-electron chi connectivity index (χ4n) is 3.79. The number of aliphatic hydroxyl groups is 1. The smallest absolute Gasteiger partial charge is 0.138 e. The molecule has 0 radical (unpaired) electrons. The maximum atomic E-state index is 10.6. The van der Waals surface area contributed by atoms with Gasteiger partial charge in [-0.1, -0.05) is 48.7 Å². The summed E-state index contributed by atoms with van der Waals surface area (Å²) in [5.41, 5.74) is 2.07. The maximum Gasteiger partial charge on any atom is 0.138 e. The van der Waals surface area contributed by atoms with Crippen LogP contribution in [0.15, 0.2) is 48.5 Å². The minimum Gasteiger partial charge on any atom is -0.489 e. The first-order valence-corrected chi connectivity index (χ1v) is 9.60. The van der Waals surface area contributed by atoms with Crippen molar-refractivity contribution < 1.29 is 9.84 Å². The molecule has 136 valence electrons. The molecule has 0 aliphatic heterocycles. The summed E-state index contributed by atoms with van der Waals surface area (Å²) in [6, 6.07) is 15.5. The van der Waals surface area contributed by atoms with Crippen LogP contribution in [0, 0.1) is 0 Å². The molecule has 1 aliphatic carbocycles. The molecule has 5 heteroatoms. The van der Waals surface area contributed by atoms with Crippen LogP contribution in [0.1, 0.15) is 37.4 Å². The van der Waals surface area contributed by atoms with Gasteiger partial charge in [-0.25, -0.2) is 4.98 Å². The minimum atomic E-state index is -0.635. The number of hydrogen-bond acceptors (Lipinski definition) is 3. The molecule has 26 heavy (non-hydrogen) atoms. The molecule has 1 unspecified atom stereocenters. The highest BCUT2D eigenvalue weighted by molar-refractivity contribution is 6.32. The summed E-state index contributed by atoms with van der Waals surface area (Å²) in [5.74, 6) is 2.18. The van der Waals surface area contributed by atoms with E-state index >= 15 is 0 Å². The normalized spacial score (nSPS) is 16.2. The monoisotopic (exact) mass is 370 g/mol. The molecule has 1 aromatic heterocycles. The zero-order chi connectivity index (χ0) is 17.9. The van der Waals surface area contributed by atoms with Crippen LogP contribution in [0.2, 0.25) is 5.02 Å². The van der Waals surface area contributed by atoms with Gasteiger partial charge < -0.3 is 14.4 Å². The predicted molar refractivity (Wildman–Crippen MR) is 104 cm³/mol. The quantitative estimate of drug-likeness (QED) is 0.678. The topological polar surface area (TPSA) is 47.3 Å². The lowest BCUT2D eigenvalue weighted by Crippen LogP contribution is -2.25. The highest BCUT2D eigenvalue weighted by Crippen LogP contribution is 2.35. The van der Waals surface area contributed by atoms with Gasteiger partial charge in [-0.2, -0.15) is 0 Å². The number of benzene rings is 2. The molecular formula is C21H23ClN2O2. The van der Waals surface area contributed by atoms with Gasteiger partial charge in [-0.05, 0) is 37.1 Å². The van der Waals surface area contributed by atoms with Gasteiger partial charge in [0.25, 0.3) is 0 Å². The average molecular weight is 371 g/mol. The molecule has 0 saturated heterocycles. The summed E-state index contributed by atoms with van der Waals surface area (Å²) in [4.78, 5) is 4.87. The Labute approximate surface area is 158 Å². The second-order valence-corrected chi connectivity index (χ2v) is 7.35. The first-order valence-electron chi connectivity index (χ1n) is 9.23. The van der Waals surface area contributed by atoms with Crippen molar-refractivity contribution in [3.63, 3.8) is 0 Å². The lowest BCUT2D eigenvalue weighted by Gasteiger charge is -2.18. The Morgan fingerprint density at radius 1 is 1.12 bits per heavy atom. The molecule has 1 fully saturated rings. The standard InChI is InChI=1S/C21H23ClN2O2/c22-17-9-3-6-12-20(17)26-14-16(25)13-24-19-11-5-4-10-18(19)23-21(24)15-7-1-2-8-15/h3-6,9-12,15-16,25H,1-2,7-8,13-14H2. The van der Waals surface area contributed by atoms with E-state index in [0.717, 1.165) is 16.9 Å². The molecule has 3 aromatic rings. The lowest BCUT2D eigenvalue weighted by atomic mass is 10.1. The summed E-state index contributed by atoms with van der Waals surface area (Å²) >= 11 is 6.12. The molecule has 1 heterocycles. The molecule has 1 aliphatic rings. The summed E-state index contributed by atoms with van der Waals surface area (Å²) in [7, 11) is 0. The van der Waals surface area contributed by atoms with E-state index in [1.165, 1.54) is 25.7 Å². The summed E-state index contributed by atoms with van der Waals surface area (Å²) < 4.78 is 7.88. The van der Waals surface area contributed by atoms with Crippen molar-refractivity contribution in [2.45, 2.75) is 44.2 Å². The number of para-hydroxylation sites is 3. The highest BCUT2D eigenvalue weighted by Gasteiger charge is 2.24. The number of imidazole rings is 1. The molecule has 1 N–H and O–H groups in total. The Morgan fingerprint density at radius 2 is 1.85 bits per heavy atom. The van der Waals surface area contributed by atoms with Crippen molar-refractivity contribution in [3.05, 3.63) is 59.4 Å². The fourth-order valence-corrected chi connectivity index (χ4v) is 3.98. The van der Waals surface area contributed by atoms with E-state index in [9.17, 15) is 5.11 Å². The number of halogens is 1. The van der Waals surface area contributed by atoms with E-state index in [4.69, 9.17) is 21.3 Å². The fraction of sp³-hybridized carbons (Fsp3) is 0.381. The second-order valence-electron chi connectivity index (χ2n) is 6.95. The Kier molecular flexibility index (Phi) is 5.14.